The molecule has 0 aliphatic carbocycles. The first-order chi connectivity index (χ1) is 11.9. The molecule has 0 radical (unpaired) electrons. The molecule has 2 aromatic rings. The van der Waals surface area contributed by atoms with Crippen LogP contribution in [-0.4, -0.2) is 35.8 Å². The van der Waals surface area contributed by atoms with Gasteiger partial charge in [-0.05, 0) is 56.2 Å². The third kappa shape index (κ3) is 3.47. The van der Waals surface area contributed by atoms with E-state index in [1.807, 2.05) is 44.2 Å². The fourth-order valence-electron chi connectivity index (χ4n) is 3.18. The average molecular weight is 401 g/mol. The van der Waals surface area contributed by atoms with E-state index >= 15 is 0 Å². The van der Waals surface area contributed by atoms with Crippen LogP contribution in [0.15, 0.2) is 46.9 Å². The van der Waals surface area contributed by atoms with Gasteiger partial charge in [-0.25, -0.2) is 0 Å². The lowest BCUT2D eigenvalue weighted by molar-refractivity contribution is -0.124. The molecule has 2 aromatic carbocycles. The van der Waals surface area contributed by atoms with Crippen LogP contribution in [0.4, 0.5) is 5.69 Å². The van der Waals surface area contributed by atoms with E-state index in [4.69, 9.17) is 0 Å². The van der Waals surface area contributed by atoms with Crippen molar-refractivity contribution in [1.29, 1.82) is 0 Å². The molecule has 1 aliphatic heterocycles. The van der Waals surface area contributed by atoms with Gasteiger partial charge in [0.05, 0.1) is 0 Å². The molecule has 1 unspecified atom stereocenters. The van der Waals surface area contributed by atoms with Crippen LogP contribution in [0.1, 0.15) is 28.4 Å². The lowest BCUT2D eigenvalue weighted by atomic mass is 10.1. The fourth-order valence-corrected chi connectivity index (χ4v) is 3.58. The third-order valence-electron chi connectivity index (χ3n) is 4.64. The number of benzene rings is 2. The number of carbonyl (C=O) groups excluding carboxylic acids is 2. The summed E-state index contributed by atoms with van der Waals surface area (Å²) < 4.78 is 0.853. The van der Waals surface area contributed by atoms with Crippen LogP contribution in [0, 0.1) is 13.8 Å². The molecule has 130 valence electrons. The highest BCUT2D eigenvalue weighted by atomic mass is 79.9. The van der Waals surface area contributed by atoms with E-state index in [0.717, 1.165) is 21.3 Å². The Hall–Kier alpha value is -2.14. The number of hydrogen-bond acceptors (Lipinski definition) is 2. The predicted octanol–water partition coefficient (Wildman–Crippen LogP) is 3.94. The van der Waals surface area contributed by atoms with Crippen molar-refractivity contribution in [2.75, 3.05) is 18.0 Å². The van der Waals surface area contributed by atoms with Crippen LogP contribution in [0.2, 0.25) is 0 Å². The number of hydrogen-bond donors (Lipinski definition) is 0. The second kappa shape index (κ2) is 7.00. The molecule has 25 heavy (non-hydrogen) atoms. The Morgan fingerprint density at radius 3 is 2.60 bits per heavy atom. The molecule has 1 fully saturated rings. The van der Waals surface area contributed by atoms with E-state index in [0.29, 0.717) is 18.7 Å². The Bertz CT molecular complexity index is 834. The summed E-state index contributed by atoms with van der Waals surface area (Å²) in [4.78, 5) is 29.2. The molecule has 1 atom stereocenters. The lowest BCUT2D eigenvalue weighted by Gasteiger charge is -2.39. The summed E-state index contributed by atoms with van der Waals surface area (Å²) in [6.45, 7) is 6.85. The Morgan fingerprint density at radius 1 is 1.12 bits per heavy atom. The standard InChI is InChI=1S/C20H21BrN2O2/c1-13-7-8-14(2)18(11-13)23-10-9-22(15(3)19(23)24)20(25)16-5-4-6-17(21)12-16/h4-8,11-12,15H,9-10H2,1-3H3. The monoisotopic (exact) mass is 400 g/mol. The van der Waals surface area contributed by atoms with Crippen LogP contribution in [0.25, 0.3) is 0 Å². The number of carbonyl (C=O) groups is 2. The highest BCUT2D eigenvalue weighted by molar-refractivity contribution is 9.10. The zero-order valence-electron chi connectivity index (χ0n) is 14.6. The van der Waals surface area contributed by atoms with Crippen molar-refractivity contribution in [2.24, 2.45) is 0 Å². The second-order valence-electron chi connectivity index (χ2n) is 6.46. The first kappa shape index (κ1) is 17.7. The van der Waals surface area contributed by atoms with Crippen molar-refractivity contribution in [2.45, 2.75) is 26.8 Å². The van der Waals surface area contributed by atoms with Crippen molar-refractivity contribution in [3.05, 3.63) is 63.6 Å². The molecule has 4 nitrogen and oxygen atoms in total. The molecular weight excluding hydrogens is 380 g/mol. The van der Waals surface area contributed by atoms with Crippen molar-refractivity contribution in [3.8, 4) is 0 Å². The molecular formula is C20H21BrN2O2. The minimum absolute atomic E-state index is 0.0386. The van der Waals surface area contributed by atoms with E-state index in [1.54, 1.807) is 28.9 Å². The minimum Gasteiger partial charge on any atom is -0.325 e. The molecule has 5 heteroatoms. The Balaban J connectivity index is 1.84. The number of aryl methyl sites for hydroxylation is 2. The summed E-state index contributed by atoms with van der Waals surface area (Å²) in [7, 11) is 0. The summed E-state index contributed by atoms with van der Waals surface area (Å²) in [5.41, 5.74) is 3.72. The third-order valence-corrected chi connectivity index (χ3v) is 5.14. The van der Waals surface area contributed by atoms with Gasteiger partial charge in [-0.1, -0.05) is 34.1 Å². The van der Waals surface area contributed by atoms with Gasteiger partial charge in [0, 0.05) is 28.8 Å². The minimum atomic E-state index is -0.486. The Kier molecular flexibility index (Phi) is 4.95. The van der Waals surface area contributed by atoms with Gasteiger partial charge in [0.25, 0.3) is 5.91 Å². The highest BCUT2D eigenvalue weighted by Gasteiger charge is 2.35. The number of halogens is 1. The van der Waals surface area contributed by atoms with Crippen LogP contribution < -0.4 is 4.90 Å². The summed E-state index contributed by atoms with van der Waals surface area (Å²) in [5, 5.41) is 0. The number of amides is 2. The highest BCUT2D eigenvalue weighted by Crippen LogP contribution is 2.26. The van der Waals surface area contributed by atoms with Crippen molar-refractivity contribution >= 4 is 33.4 Å². The number of nitrogens with zero attached hydrogens (tertiary/aromatic N) is 2. The van der Waals surface area contributed by atoms with E-state index in [9.17, 15) is 9.59 Å². The molecule has 1 aliphatic rings. The summed E-state index contributed by atoms with van der Waals surface area (Å²) in [6, 6.07) is 12.9. The van der Waals surface area contributed by atoms with Gasteiger partial charge in [-0.2, -0.15) is 0 Å². The van der Waals surface area contributed by atoms with E-state index in [-0.39, 0.29) is 11.8 Å². The maximum absolute atomic E-state index is 12.9. The maximum Gasteiger partial charge on any atom is 0.254 e. The quantitative estimate of drug-likeness (QED) is 0.765. The van der Waals surface area contributed by atoms with Gasteiger partial charge in [-0.3, -0.25) is 9.59 Å². The van der Waals surface area contributed by atoms with E-state index in [2.05, 4.69) is 15.9 Å². The van der Waals surface area contributed by atoms with Crippen molar-refractivity contribution in [1.82, 2.24) is 4.90 Å². The Labute approximate surface area is 156 Å². The van der Waals surface area contributed by atoms with Crippen LogP contribution in [0.3, 0.4) is 0 Å². The zero-order chi connectivity index (χ0) is 18.1. The van der Waals surface area contributed by atoms with E-state index < -0.39 is 6.04 Å². The fraction of sp³-hybridized carbons (Fsp3) is 0.300. The number of rotatable bonds is 2. The van der Waals surface area contributed by atoms with Gasteiger partial charge in [0.2, 0.25) is 5.91 Å². The average Bonchev–Trinajstić information content (AvgIpc) is 2.59. The van der Waals surface area contributed by atoms with Gasteiger partial charge < -0.3 is 9.80 Å². The molecule has 0 bridgehead atoms. The summed E-state index contributed by atoms with van der Waals surface area (Å²) in [6.07, 6.45) is 0. The van der Waals surface area contributed by atoms with Crippen molar-refractivity contribution < 1.29 is 9.59 Å². The number of anilines is 1. The molecule has 3 rings (SSSR count). The topological polar surface area (TPSA) is 40.6 Å². The summed E-state index contributed by atoms with van der Waals surface area (Å²) in [5.74, 6) is -0.147. The largest absolute Gasteiger partial charge is 0.325 e. The first-order valence-electron chi connectivity index (χ1n) is 8.33. The SMILES string of the molecule is Cc1ccc(C)c(N2CCN(C(=O)c3cccc(Br)c3)C(C)C2=O)c1. The van der Waals surface area contributed by atoms with E-state index in [1.165, 1.54) is 0 Å². The van der Waals surface area contributed by atoms with Gasteiger partial charge in [0.15, 0.2) is 0 Å². The summed E-state index contributed by atoms with van der Waals surface area (Å²) >= 11 is 3.39. The van der Waals surface area contributed by atoms with Crippen LogP contribution in [-0.2, 0) is 4.79 Å². The van der Waals surface area contributed by atoms with Gasteiger partial charge in [0.1, 0.15) is 6.04 Å². The second-order valence-corrected chi connectivity index (χ2v) is 7.38. The van der Waals surface area contributed by atoms with Gasteiger partial charge >= 0.3 is 0 Å². The normalized spacial score (nSPS) is 17.8. The molecule has 1 heterocycles. The van der Waals surface area contributed by atoms with Crippen molar-refractivity contribution in [3.63, 3.8) is 0 Å². The molecule has 0 aromatic heterocycles. The first-order valence-corrected chi connectivity index (χ1v) is 9.13. The smallest absolute Gasteiger partial charge is 0.254 e. The predicted molar refractivity (Wildman–Crippen MR) is 103 cm³/mol. The number of piperazine rings is 1. The molecule has 2 amide bonds. The Morgan fingerprint density at radius 2 is 1.88 bits per heavy atom. The molecule has 0 saturated carbocycles. The van der Waals surface area contributed by atoms with Crippen LogP contribution >= 0.6 is 15.9 Å². The van der Waals surface area contributed by atoms with Gasteiger partial charge in [-0.15, -0.1) is 0 Å². The molecule has 1 saturated heterocycles. The molecule has 0 N–H and O–H groups in total. The van der Waals surface area contributed by atoms with Crippen LogP contribution in [0.5, 0.6) is 0 Å². The maximum atomic E-state index is 12.9. The lowest BCUT2D eigenvalue weighted by Crippen LogP contribution is -2.58. The molecule has 0 spiro atoms. The zero-order valence-corrected chi connectivity index (χ0v) is 16.2.